The molecule has 22 heavy (non-hydrogen) atoms. The molecule has 0 aliphatic carbocycles. The van der Waals surface area contributed by atoms with Crippen LogP contribution in [0.15, 0.2) is 107 Å². The Labute approximate surface area is 129 Å². The summed E-state index contributed by atoms with van der Waals surface area (Å²) in [7, 11) is 0. The van der Waals surface area contributed by atoms with Gasteiger partial charge in [-0.1, -0.05) is 60.7 Å². The predicted octanol–water partition coefficient (Wildman–Crippen LogP) is 4.70. The third-order valence-corrected chi connectivity index (χ3v) is 2.58. The van der Waals surface area contributed by atoms with Gasteiger partial charge in [0.25, 0.3) is 0 Å². The summed E-state index contributed by atoms with van der Waals surface area (Å²) < 4.78 is 8.94. The Morgan fingerprint density at radius 2 is 0.955 bits per heavy atom. The molecule has 0 amide bonds. The molecule has 4 aromatic rings. The summed E-state index contributed by atoms with van der Waals surface area (Å²) in [6, 6.07) is 20.8. The van der Waals surface area contributed by atoms with E-state index in [-0.39, 0.29) is 0 Å². The van der Waals surface area contributed by atoms with Gasteiger partial charge in [-0.05, 0) is 11.1 Å². The molecule has 0 bridgehead atoms. The molecule has 4 nitrogen and oxygen atoms in total. The maximum Gasteiger partial charge on any atom is 0.180 e. The first-order valence-corrected chi connectivity index (χ1v) is 6.71. The van der Waals surface area contributed by atoms with E-state index in [1.54, 1.807) is 12.4 Å². The van der Waals surface area contributed by atoms with Gasteiger partial charge in [0.1, 0.15) is 12.5 Å². The summed E-state index contributed by atoms with van der Waals surface area (Å²) in [5, 5.41) is 0. The van der Waals surface area contributed by atoms with Crippen LogP contribution in [0.4, 0.5) is 0 Å². The number of nitrogens with zero attached hydrogens (tertiary/aromatic N) is 2. The molecule has 2 heterocycles. The molecule has 0 N–H and O–H groups in total. The average molecular weight is 292 g/mol. The average Bonchev–Trinajstić information content (AvgIpc) is 3.34. The van der Waals surface area contributed by atoms with Crippen molar-refractivity contribution in [1.82, 2.24) is 9.97 Å². The molecular weight excluding hydrogens is 276 g/mol. The summed E-state index contributed by atoms with van der Waals surface area (Å²) in [5.74, 6) is 0. The number of hydrogen-bond acceptors (Lipinski definition) is 4. The van der Waals surface area contributed by atoms with Crippen molar-refractivity contribution in [3.63, 3.8) is 0 Å². The Morgan fingerprint density at radius 1 is 0.545 bits per heavy atom. The van der Waals surface area contributed by atoms with E-state index in [4.69, 9.17) is 0 Å². The quantitative estimate of drug-likeness (QED) is 0.510. The largest absolute Gasteiger partial charge is 0.452 e. The van der Waals surface area contributed by atoms with Crippen molar-refractivity contribution in [3.8, 4) is 11.1 Å². The highest BCUT2D eigenvalue weighted by Gasteiger charge is 1.91. The molecule has 0 unspecified atom stereocenters. The molecule has 0 saturated heterocycles. The highest BCUT2D eigenvalue weighted by molar-refractivity contribution is 5.62. The second-order valence-corrected chi connectivity index (χ2v) is 4.08. The maximum atomic E-state index is 4.47. The minimum atomic E-state index is 1.28. The van der Waals surface area contributed by atoms with Crippen LogP contribution >= 0.6 is 0 Å². The van der Waals surface area contributed by atoms with Crippen LogP contribution in [0.3, 0.4) is 0 Å². The molecule has 4 heteroatoms. The molecule has 2 aromatic carbocycles. The first kappa shape index (κ1) is 15.3. The number of hydrogen-bond donors (Lipinski definition) is 0. The lowest BCUT2D eigenvalue weighted by Crippen LogP contribution is -1.73. The van der Waals surface area contributed by atoms with E-state index in [1.807, 2.05) is 12.1 Å². The minimum Gasteiger partial charge on any atom is -0.452 e. The Morgan fingerprint density at radius 3 is 1.18 bits per heavy atom. The zero-order valence-electron chi connectivity index (χ0n) is 11.9. The standard InChI is InChI=1S/C12H10.2C3H3NO/c1-3-7-11(8-4-1)12-9-5-2-6-10-12;2*1-2-5-3-4-1/h1-10H;2*1-3H. The van der Waals surface area contributed by atoms with Crippen LogP contribution in [0.5, 0.6) is 0 Å². The highest BCUT2D eigenvalue weighted by atomic mass is 16.3. The smallest absolute Gasteiger partial charge is 0.180 e. The van der Waals surface area contributed by atoms with Crippen molar-refractivity contribution < 1.29 is 8.83 Å². The van der Waals surface area contributed by atoms with Gasteiger partial charge in [0.15, 0.2) is 12.8 Å². The van der Waals surface area contributed by atoms with Gasteiger partial charge in [-0.15, -0.1) is 0 Å². The molecule has 0 fully saturated rings. The summed E-state index contributed by atoms with van der Waals surface area (Å²) in [6.45, 7) is 0. The fourth-order valence-electron chi connectivity index (χ4n) is 1.61. The first-order valence-electron chi connectivity index (χ1n) is 6.71. The van der Waals surface area contributed by atoms with Crippen LogP contribution in [-0.4, -0.2) is 9.97 Å². The second kappa shape index (κ2) is 9.72. The Kier molecular flexibility index (Phi) is 6.74. The van der Waals surface area contributed by atoms with E-state index in [1.165, 1.54) is 36.4 Å². The lowest BCUT2D eigenvalue weighted by atomic mass is 10.1. The summed E-state index contributed by atoms with van der Waals surface area (Å²) >= 11 is 0. The number of oxazole rings is 2. The van der Waals surface area contributed by atoms with Gasteiger partial charge in [0.05, 0.1) is 12.4 Å². The number of aromatic nitrogens is 2. The van der Waals surface area contributed by atoms with Crippen molar-refractivity contribution in [3.05, 3.63) is 98.4 Å². The molecule has 0 radical (unpaired) electrons. The third kappa shape index (κ3) is 5.88. The Balaban J connectivity index is 0.000000145. The summed E-state index contributed by atoms with van der Waals surface area (Å²) in [6.07, 6.45) is 8.94. The van der Waals surface area contributed by atoms with Crippen LogP contribution < -0.4 is 0 Å². The second-order valence-electron chi connectivity index (χ2n) is 4.08. The van der Waals surface area contributed by atoms with Gasteiger partial charge >= 0.3 is 0 Å². The molecule has 4 rings (SSSR count). The van der Waals surface area contributed by atoms with Crippen LogP contribution in [0.25, 0.3) is 11.1 Å². The van der Waals surface area contributed by atoms with E-state index in [9.17, 15) is 0 Å². The van der Waals surface area contributed by atoms with Crippen LogP contribution in [-0.2, 0) is 0 Å². The van der Waals surface area contributed by atoms with Gasteiger partial charge in [-0.25, -0.2) is 9.97 Å². The lowest BCUT2D eigenvalue weighted by molar-refractivity contribution is 0.557. The van der Waals surface area contributed by atoms with Crippen LogP contribution in [0.2, 0.25) is 0 Å². The van der Waals surface area contributed by atoms with Gasteiger partial charge < -0.3 is 8.83 Å². The zero-order valence-corrected chi connectivity index (χ0v) is 11.9. The van der Waals surface area contributed by atoms with Crippen molar-refractivity contribution in [2.45, 2.75) is 0 Å². The van der Waals surface area contributed by atoms with E-state index in [0.717, 1.165) is 0 Å². The fraction of sp³-hybridized carbons (Fsp3) is 0. The fourth-order valence-corrected chi connectivity index (χ4v) is 1.61. The summed E-state index contributed by atoms with van der Waals surface area (Å²) in [5.41, 5.74) is 2.55. The molecule has 0 aliphatic heterocycles. The minimum absolute atomic E-state index is 1.28. The van der Waals surface area contributed by atoms with Gasteiger partial charge in [-0.2, -0.15) is 0 Å². The first-order chi connectivity index (χ1) is 11.0. The van der Waals surface area contributed by atoms with E-state index in [2.05, 4.69) is 67.3 Å². The highest BCUT2D eigenvalue weighted by Crippen LogP contribution is 2.17. The van der Waals surface area contributed by atoms with Gasteiger partial charge in [0.2, 0.25) is 0 Å². The van der Waals surface area contributed by atoms with E-state index >= 15 is 0 Å². The molecular formula is C18H16N2O2. The van der Waals surface area contributed by atoms with Gasteiger partial charge in [0, 0.05) is 0 Å². The van der Waals surface area contributed by atoms with Crippen molar-refractivity contribution in [2.75, 3.05) is 0 Å². The van der Waals surface area contributed by atoms with Crippen molar-refractivity contribution >= 4 is 0 Å². The zero-order chi connectivity index (χ0) is 15.3. The van der Waals surface area contributed by atoms with Crippen molar-refractivity contribution in [1.29, 1.82) is 0 Å². The van der Waals surface area contributed by atoms with Crippen LogP contribution in [0.1, 0.15) is 0 Å². The van der Waals surface area contributed by atoms with E-state index < -0.39 is 0 Å². The summed E-state index contributed by atoms with van der Waals surface area (Å²) in [4.78, 5) is 7.11. The SMILES string of the molecule is c1ccc(-c2ccccc2)cc1.c1cocn1.c1cocn1. The number of benzene rings is 2. The molecule has 0 atom stereocenters. The number of rotatable bonds is 1. The monoisotopic (exact) mass is 292 g/mol. The predicted molar refractivity (Wildman–Crippen MR) is 84.9 cm³/mol. The normalized spacial score (nSPS) is 8.91. The van der Waals surface area contributed by atoms with Gasteiger partial charge in [-0.3, -0.25) is 0 Å². The molecule has 2 aromatic heterocycles. The Hall–Kier alpha value is -3.14. The lowest BCUT2D eigenvalue weighted by Gasteiger charge is -1.98. The molecule has 0 aliphatic rings. The topological polar surface area (TPSA) is 52.1 Å². The molecule has 0 saturated carbocycles. The Bertz CT molecular complexity index is 580. The molecule has 0 spiro atoms. The van der Waals surface area contributed by atoms with Crippen LogP contribution in [0, 0.1) is 0 Å². The van der Waals surface area contributed by atoms with Crippen molar-refractivity contribution in [2.24, 2.45) is 0 Å². The third-order valence-electron chi connectivity index (χ3n) is 2.58. The van der Waals surface area contributed by atoms with E-state index in [0.29, 0.717) is 0 Å². The maximum absolute atomic E-state index is 4.47. The molecule has 110 valence electrons.